The van der Waals surface area contributed by atoms with Gasteiger partial charge >= 0.3 is 39.5 Å². The summed E-state index contributed by atoms with van der Waals surface area (Å²) in [6.45, 7) is 4.66. The van der Waals surface area contributed by atoms with Gasteiger partial charge in [0.1, 0.15) is 19.3 Å². The molecule has 0 aromatic heterocycles. The summed E-state index contributed by atoms with van der Waals surface area (Å²) >= 11 is 0. The van der Waals surface area contributed by atoms with Crippen molar-refractivity contribution in [3.05, 3.63) is 85.1 Å². The van der Waals surface area contributed by atoms with Crippen LogP contribution < -0.4 is 0 Å². The number of rotatable bonds is 75. The Labute approximate surface area is 608 Å². The second kappa shape index (κ2) is 73.5. The number of hydrogen-bond donors (Lipinski definition) is 3. The van der Waals surface area contributed by atoms with Crippen LogP contribution in [0.5, 0.6) is 0 Å². The predicted octanol–water partition coefficient (Wildman–Crippen LogP) is 23.0. The van der Waals surface area contributed by atoms with Crippen LogP contribution in [-0.2, 0) is 65.4 Å². The van der Waals surface area contributed by atoms with E-state index >= 15 is 0 Å². The first-order valence-electron chi connectivity index (χ1n) is 39.8. The predicted molar refractivity (Wildman–Crippen MR) is 409 cm³/mol. The Hall–Kier alpha value is -3.76. The van der Waals surface area contributed by atoms with E-state index in [2.05, 4.69) is 113 Å². The van der Waals surface area contributed by atoms with Crippen molar-refractivity contribution in [3.8, 4) is 0 Å². The summed E-state index contributed by atoms with van der Waals surface area (Å²) in [5.41, 5.74) is 0. The van der Waals surface area contributed by atoms with Crippen molar-refractivity contribution in [3.63, 3.8) is 0 Å². The van der Waals surface area contributed by atoms with E-state index in [0.717, 1.165) is 167 Å². The van der Waals surface area contributed by atoms with Gasteiger partial charge in [-0.25, -0.2) is 9.13 Å². The maximum atomic E-state index is 13.1. The highest BCUT2D eigenvalue weighted by molar-refractivity contribution is 7.47. The molecule has 0 aromatic carbocycles. The highest BCUT2D eigenvalue weighted by Gasteiger charge is 2.30. The van der Waals surface area contributed by atoms with Gasteiger partial charge in [-0.05, 0) is 116 Å². The van der Waals surface area contributed by atoms with E-state index in [1.807, 2.05) is 0 Å². The molecule has 0 amide bonds. The monoisotopic (exact) mass is 1450 g/mol. The Balaban J connectivity index is 5.36. The molecule has 0 saturated carbocycles. The molecule has 0 aliphatic rings. The van der Waals surface area contributed by atoms with Gasteiger partial charge in [-0.1, -0.05) is 293 Å². The van der Waals surface area contributed by atoms with E-state index in [0.29, 0.717) is 25.7 Å². The molecule has 0 radical (unpaired) electrons. The summed E-state index contributed by atoms with van der Waals surface area (Å²) in [5, 5.41) is 10.6. The molecular formula is C81H144O17P2. The smallest absolute Gasteiger partial charge is 0.462 e. The molecule has 5 atom stereocenters. The second-order valence-corrected chi connectivity index (χ2v) is 29.5. The lowest BCUT2D eigenvalue weighted by Gasteiger charge is -2.21. The maximum absolute atomic E-state index is 13.1. The standard InChI is InChI=1S/C81H144O17P2/c1-5-9-13-17-21-25-29-33-37-41-45-49-53-57-61-65-78(83)91-71-76(97-80(85)67-63-59-55-51-47-43-39-35-31-27-23-19-15-11-7-3)73-95-99(87,88)93-69-75(82)70-94-100(89,90)96-74-77(98-81(86)68-64-60-56-52-48-44-40-36-32-28-24-20-16-12-8-4)72-92-79(84)66-62-58-54-50-46-42-38-34-30-26-22-18-14-10-6-2/h9,11,13,15,21,23,25,27,33-35,37-39,75-77,82H,5-8,10,12,14,16-20,22,24,26,28-32,36,40-74H2,1-4H3,(H,87,88)(H,89,90)/b13-9-,15-11-,25-21-,27-23-,37-33-,38-34-,39-35-. The van der Waals surface area contributed by atoms with Crippen LogP contribution in [0.25, 0.3) is 0 Å². The van der Waals surface area contributed by atoms with Crippen molar-refractivity contribution < 1.29 is 80.2 Å². The topological polar surface area (TPSA) is 237 Å². The van der Waals surface area contributed by atoms with Crippen LogP contribution in [0.2, 0.25) is 0 Å². The molecule has 0 spiro atoms. The number of carbonyl (C=O) groups is 4. The number of hydrogen-bond acceptors (Lipinski definition) is 15. The lowest BCUT2D eigenvalue weighted by Crippen LogP contribution is -2.30. The number of esters is 4. The van der Waals surface area contributed by atoms with Crippen molar-refractivity contribution in [2.75, 3.05) is 39.6 Å². The molecule has 0 aliphatic carbocycles. The summed E-state index contributed by atoms with van der Waals surface area (Å²) in [5.74, 6) is -2.20. The van der Waals surface area contributed by atoms with E-state index in [1.165, 1.54) is 103 Å². The van der Waals surface area contributed by atoms with Crippen LogP contribution in [0, 0.1) is 0 Å². The summed E-state index contributed by atoms with van der Waals surface area (Å²) in [6, 6.07) is 0. The molecule has 0 saturated heterocycles. The number of aliphatic hydroxyl groups is 1. The van der Waals surface area contributed by atoms with Gasteiger partial charge in [0.15, 0.2) is 12.2 Å². The number of phosphoric acid groups is 2. The maximum Gasteiger partial charge on any atom is 0.472 e. The minimum absolute atomic E-state index is 0.0724. The quantitative estimate of drug-likeness (QED) is 0.0169. The van der Waals surface area contributed by atoms with Crippen LogP contribution in [0.1, 0.15) is 349 Å². The first-order valence-corrected chi connectivity index (χ1v) is 42.8. The molecule has 0 bridgehead atoms. The van der Waals surface area contributed by atoms with Gasteiger partial charge in [0.05, 0.1) is 26.4 Å². The molecule has 580 valence electrons. The Morgan fingerprint density at radius 2 is 0.520 bits per heavy atom. The number of phosphoric ester groups is 2. The third-order valence-corrected chi connectivity index (χ3v) is 18.8. The number of unbranched alkanes of at least 4 members (excludes halogenated alkanes) is 35. The van der Waals surface area contributed by atoms with Crippen molar-refractivity contribution in [1.82, 2.24) is 0 Å². The number of aliphatic hydroxyl groups excluding tert-OH is 1. The van der Waals surface area contributed by atoms with E-state index in [-0.39, 0.29) is 25.7 Å². The van der Waals surface area contributed by atoms with Crippen molar-refractivity contribution in [1.29, 1.82) is 0 Å². The molecule has 0 aliphatic heterocycles. The fourth-order valence-electron chi connectivity index (χ4n) is 10.8. The molecule has 5 unspecified atom stereocenters. The van der Waals surface area contributed by atoms with Crippen LogP contribution in [0.15, 0.2) is 85.1 Å². The van der Waals surface area contributed by atoms with Gasteiger partial charge in [0.25, 0.3) is 0 Å². The molecule has 100 heavy (non-hydrogen) atoms. The van der Waals surface area contributed by atoms with E-state index in [4.69, 9.17) is 37.0 Å². The van der Waals surface area contributed by atoms with Gasteiger partial charge in [0.2, 0.25) is 0 Å². The molecule has 0 aromatic rings. The van der Waals surface area contributed by atoms with Crippen LogP contribution in [0.4, 0.5) is 0 Å². The third-order valence-electron chi connectivity index (χ3n) is 16.9. The molecule has 0 fully saturated rings. The van der Waals surface area contributed by atoms with Gasteiger partial charge in [-0.3, -0.25) is 37.3 Å². The van der Waals surface area contributed by atoms with Crippen LogP contribution in [0.3, 0.4) is 0 Å². The normalized spacial score (nSPS) is 14.3. The molecule has 3 N–H and O–H groups in total. The van der Waals surface area contributed by atoms with Crippen LogP contribution >= 0.6 is 15.6 Å². The Morgan fingerprint density at radius 1 is 0.290 bits per heavy atom. The lowest BCUT2D eigenvalue weighted by molar-refractivity contribution is -0.161. The first-order chi connectivity index (χ1) is 48.7. The summed E-state index contributed by atoms with van der Waals surface area (Å²) in [4.78, 5) is 73.0. The van der Waals surface area contributed by atoms with E-state index in [9.17, 15) is 43.2 Å². The molecule has 0 heterocycles. The second-order valence-electron chi connectivity index (χ2n) is 26.6. The number of carbonyl (C=O) groups excluding carboxylic acids is 4. The van der Waals surface area contributed by atoms with Gasteiger partial charge in [0, 0.05) is 25.7 Å². The molecular weight excluding hydrogens is 1310 g/mol. The highest BCUT2D eigenvalue weighted by Crippen LogP contribution is 2.45. The minimum atomic E-state index is -4.98. The van der Waals surface area contributed by atoms with Crippen LogP contribution in [-0.4, -0.2) is 96.7 Å². The zero-order valence-corrected chi connectivity index (χ0v) is 65.2. The zero-order valence-electron chi connectivity index (χ0n) is 63.4. The molecule has 0 rings (SSSR count). The first kappa shape index (κ1) is 96.2. The summed E-state index contributed by atoms with van der Waals surface area (Å²) in [6.07, 6.45) is 75.6. The SMILES string of the molecule is CC/C=C\C/C=C\C/C=C\CCCCCCCC(=O)OCC(COP(=O)(O)OCC(O)COP(=O)(O)OCC(COC(=O)CCCCCCC/C=C\CCCCCCCC)OC(=O)CCCCCCCCCCCCCCCCC)OC(=O)CCCCCCC/C=C\C/C=C\C/C=C\CC. The molecule has 17 nitrogen and oxygen atoms in total. The number of ether oxygens (including phenoxy) is 4. The molecule has 19 heteroatoms. The van der Waals surface area contributed by atoms with E-state index < -0.39 is 97.5 Å². The van der Waals surface area contributed by atoms with Gasteiger partial charge in [-0.2, -0.15) is 0 Å². The summed E-state index contributed by atoms with van der Waals surface area (Å²) in [7, 11) is -9.96. The minimum Gasteiger partial charge on any atom is -0.462 e. The average molecular weight is 1450 g/mol. The van der Waals surface area contributed by atoms with Crippen molar-refractivity contribution in [2.45, 2.75) is 367 Å². The van der Waals surface area contributed by atoms with E-state index in [1.54, 1.807) is 0 Å². The highest BCUT2D eigenvalue weighted by atomic mass is 31.2. The summed E-state index contributed by atoms with van der Waals surface area (Å²) < 4.78 is 68.6. The lowest BCUT2D eigenvalue weighted by atomic mass is 10.0. The van der Waals surface area contributed by atoms with Crippen molar-refractivity contribution in [2.24, 2.45) is 0 Å². The Bertz CT molecular complexity index is 2230. The third kappa shape index (κ3) is 72.6. The van der Waals surface area contributed by atoms with Crippen molar-refractivity contribution >= 4 is 39.5 Å². The van der Waals surface area contributed by atoms with Gasteiger partial charge < -0.3 is 33.8 Å². The zero-order chi connectivity index (χ0) is 73.2. The van der Waals surface area contributed by atoms with Gasteiger partial charge in [-0.15, -0.1) is 0 Å². The number of allylic oxidation sites excluding steroid dienone is 14. The average Bonchev–Trinajstić information content (AvgIpc) is 1.01. The Kier molecular flexibility index (Phi) is 70.8. The fraction of sp³-hybridized carbons (Fsp3) is 0.778. The fourth-order valence-corrected chi connectivity index (χ4v) is 12.4. The Morgan fingerprint density at radius 3 is 0.810 bits per heavy atom. The largest absolute Gasteiger partial charge is 0.472 e.